The van der Waals surface area contributed by atoms with Crippen molar-refractivity contribution in [2.45, 2.75) is 38.9 Å². The van der Waals surface area contributed by atoms with Gasteiger partial charge in [-0.05, 0) is 62.2 Å². The zero-order valence-corrected chi connectivity index (χ0v) is 24.5. The molecule has 39 heavy (non-hydrogen) atoms. The van der Waals surface area contributed by atoms with E-state index in [1.165, 1.54) is 5.56 Å². The molecule has 1 aliphatic heterocycles. The first-order chi connectivity index (χ1) is 17.9. The Kier molecular flexibility index (Phi) is 13.0. The van der Waals surface area contributed by atoms with E-state index in [1.807, 2.05) is 29.2 Å². The maximum atomic E-state index is 11.1. The Bertz CT molecular complexity index is 1170. The molecule has 0 amide bonds. The van der Waals surface area contributed by atoms with Crippen LogP contribution in [0, 0.1) is 0 Å². The molecule has 0 aliphatic carbocycles. The number of carboxylic acid groups (broad SMARTS) is 1. The lowest BCUT2D eigenvalue weighted by Crippen LogP contribution is -2.56. The monoisotopic (exact) mass is 572 g/mol. The summed E-state index contributed by atoms with van der Waals surface area (Å²) in [5.74, 6) is 0.557. The lowest BCUT2D eigenvalue weighted by atomic mass is 10.1. The van der Waals surface area contributed by atoms with Crippen molar-refractivity contribution < 1.29 is 9.90 Å². The van der Waals surface area contributed by atoms with Crippen LogP contribution in [0.25, 0.3) is 11.1 Å². The van der Waals surface area contributed by atoms with Crippen LogP contribution in [0.1, 0.15) is 25.8 Å². The molecule has 10 nitrogen and oxygen atoms in total. The maximum absolute atomic E-state index is 11.1. The van der Waals surface area contributed by atoms with E-state index in [9.17, 15) is 4.79 Å². The molecule has 1 aromatic carbocycles. The molecule has 12 heteroatoms. The Morgan fingerprint density at radius 3 is 2.44 bits per heavy atom. The van der Waals surface area contributed by atoms with Gasteiger partial charge in [0.25, 0.3) is 0 Å². The van der Waals surface area contributed by atoms with E-state index in [2.05, 4.69) is 56.5 Å². The number of benzene rings is 1. The Labute approximate surface area is 244 Å². The molecule has 2 unspecified atom stereocenters. The fraction of sp³-hybridized carbons (Fsp3) is 0.407. The number of piperazine rings is 1. The normalized spacial score (nSPS) is 17.5. The van der Waals surface area contributed by atoms with E-state index in [0.29, 0.717) is 12.5 Å². The van der Waals surface area contributed by atoms with Gasteiger partial charge in [0.15, 0.2) is 0 Å². The highest BCUT2D eigenvalue weighted by Crippen LogP contribution is 2.24. The van der Waals surface area contributed by atoms with Gasteiger partial charge in [-0.1, -0.05) is 12.1 Å². The second kappa shape index (κ2) is 15.6. The number of nitrogens with one attached hydrogen (secondary N) is 2. The molecule has 3 aromatic rings. The lowest BCUT2D eigenvalue weighted by molar-refractivity contribution is -0.139. The van der Waals surface area contributed by atoms with Gasteiger partial charge in [-0.2, -0.15) is 27.0 Å². The average molecular weight is 573 g/mol. The number of carboxylic acids is 1. The molecule has 1 saturated heterocycles. The van der Waals surface area contributed by atoms with Gasteiger partial charge >= 0.3 is 5.97 Å². The topological polar surface area (TPSA) is 133 Å². The molecule has 4 rings (SSSR count). The van der Waals surface area contributed by atoms with Crippen LogP contribution in [0.5, 0.6) is 0 Å². The van der Waals surface area contributed by atoms with Crippen LogP contribution in [-0.4, -0.2) is 80.6 Å². The number of pyridine rings is 1. The molecule has 2 aromatic heterocycles. The third-order valence-electron chi connectivity index (χ3n) is 6.51. The van der Waals surface area contributed by atoms with Crippen molar-refractivity contribution in [1.82, 2.24) is 24.8 Å². The average Bonchev–Trinajstić information content (AvgIpc) is 2.87. The Morgan fingerprint density at radius 2 is 1.77 bits per heavy atom. The van der Waals surface area contributed by atoms with Gasteiger partial charge in [-0.25, -0.2) is 15.0 Å². The van der Waals surface area contributed by atoms with E-state index in [0.717, 1.165) is 55.2 Å². The first-order valence-electron chi connectivity index (χ1n) is 12.7. The van der Waals surface area contributed by atoms with Crippen LogP contribution in [-0.2, 0) is 11.3 Å². The predicted molar refractivity (Wildman–Crippen MR) is 166 cm³/mol. The minimum atomic E-state index is -0.774. The van der Waals surface area contributed by atoms with Crippen LogP contribution < -0.4 is 16.4 Å². The van der Waals surface area contributed by atoms with Crippen molar-refractivity contribution in [3.8, 4) is 11.1 Å². The van der Waals surface area contributed by atoms with Gasteiger partial charge in [0, 0.05) is 68.1 Å². The molecule has 3 heterocycles. The van der Waals surface area contributed by atoms with Crippen LogP contribution >= 0.6 is 27.0 Å². The fourth-order valence-electron chi connectivity index (χ4n) is 4.75. The van der Waals surface area contributed by atoms with Gasteiger partial charge in [0.1, 0.15) is 5.82 Å². The quantitative estimate of drug-likeness (QED) is 0.254. The van der Waals surface area contributed by atoms with E-state index >= 15 is 0 Å². The van der Waals surface area contributed by atoms with Gasteiger partial charge in [-0.3, -0.25) is 14.6 Å². The SMILES string of the molecule is CC1CN(CC(=O)O)CC(C)N1Cc1cccc(Nc2cc(-c3cnc(NCCCN)nc3)ccn2)c1.S.S. The number of nitrogens with zero attached hydrogens (tertiary/aromatic N) is 5. The highest BCUT2D eigenvalue weighted by molar-refractivity contribution is 7.59. The summed E-state index contributed by atoms with van der Waals surface area (Å²) < 4.78 is 0. The molecule has 0 spiro atoms. The summed E-state index contributed by atoms with van der Waals surface area (Å²) in [7, 11) is 0. The van der Waals surface area contributed by atoms with Gasteiger partial charge in [0.2, 0.25) is 5.95 Å². The van der Waals surface area contributed by atoms with Gasteiger partial charge in [-0.15, -0.1) is 0 Å². The van der Waals surface area contributed by atoms with Crippen molar-refractivity contribution in [1.29, 1.82) is 0 Å². The summed E-state index contributed by atoms with van der Waals surface area (Å²) in [6, 6.07) is 12.8. The van der Waals surface area contributed by atoms with Gasteiger partial charge in [0.05, 0.1) is 6.54 Å². The van der Waals surface area contributed by atoms with E-state index < -0.39 is 5.97 Å². The number of carbonyl (C=O) groups is 1. The van der Waals surface area contributed by atoms with E-state index in [-0.39, 0.29) is 45.6 Å². The van der Waals surface area contributed by atoms with Crippen LogP contribution in [0.4, 0.5) is 17.5 Å². The molecule has 0 saturated carbocycles. The molecule has 0 bridgehead atoms. The van der Waals surface area contributed by atoms with E-state index in [1.54, 1.807) is 18.6 Å². The third-order valence-corrected chi connectivity index (χ3v) is 6.51. The second-order valence-electron chi connectivity index (χ2n) is 9.58. The number of anilines is 3. The number of nitrogens with two attached hydrogens (primary N) is 1. The Balaban J connectivity index is 0.00000267. The van der Waals surface area contributed by atoms with Gasteiger partial charge < -0.3 is 21.5 Å². The smallest absolute Gasteiger partial charge is 0.317 e. The second-order valence-corrected chi connectivity index (χ2v) is 9.58. The Hall–Kier alpha value is -2.90. The molecule has 5 N–H and O–H groups in total. The van der Waals surface area contributed by atoms with Crippen LogP contribution in [0.15, 0.2) is 55.0 Å². The molecular weight excluding hydrogens is 532 g/mol. The number of hydrogen-bond donors (Lipinski definition) is 4. The number of aliphatic carboxylic acids is 1. The number of rotatable bonds is 11. The van der Waals surface area contributed by atoms with E-state index in [4.69, 9.17) is 10.8 Å². The first kappa shape index (κ1) is 32.3. The number of aromatic nitrogens is 3. The number of hydrogen-bond acceptors (Lipinski definition) is 9. The summed E-state index contributed by atoms with van der Waals surface area (Å²) >= 11 is 0. The predicted octanol–water partition coefficient (Wildman–Crippen LogP) is 3.25. The zero-order valence-electron chi connectivity index (χ0n) is 22.5. The molecule has 2 atom stereocenters. The largest absolute Gasteiger partial charge is 0.480 e. The summed E-state index contributed by atoms with van der Waals surface area (Å²) in [4.78, 5) is 28.9. The van der Waals surface area contributed by atoms with Crippen LogP contribution in [0.2, 0.25) is 0 Å². The summed E-state index contributed by atoms with van der Waals surface area (Å²) in [5.41, 5.74) is 9.57. The van der Waals surface area contributed by atoms with Crippen molar-refractivity contribution in [3.63, 3.8) is 0 Å². The molecule has 212 valence electrons. The third kappa shape index (κ3) is 9.36. The first-order valence-corrected chi connectivity index (χ1v) is 12.7. The van der Waals surface area contributed by atoms with Crippen molar-refractivity contribution >= 4 is 50.4 Å². The minimum Gasteiger partial charge on any atom is -0.480 e. The molecular formula is C27H40N8O2S2. The molecule has 1 aliphatic rings. The van der Waals surface area contributed by atoms with Crippen LogP contribution in [0.3, 0.4) is 0 Å². The molecule has 1 fully saturated rings. The summed E-state index contributed by atoms with van der Waals surface area (Å²) in [5, 5.41) is 15.7. The summed E-state index contributed by atoms with van der Waals surface area (Å²) in [6.45, 7) is 8.09. The highest BCUT2D eigenvalue weighted by atomic mass is 32.1. The molecule has 0 radical (unpaired) electrons. The Morgan fingerprint density at radius 1 is 1.05 bits per heavy atom. The highest BCUT2D eigenvalue weighted by Gasteiger charge is 2.30. The summed E-state index contributed by atoms with van der Waals surface area (Å²) in [6.07, 6.45) is 6.24. The maximum Gasteiger partial charge on any atom is 0.317 e. The standard InChI is InChI=1S/C27H36N8O2.2H2S/c1-19-15-34(18-26(36)37)16-20(2)35(19)17-21-5-3-6-24(11-21)33-25-12-22(7-10-29-25)23-13-31-27(32-14-23)30-9-4-8-28;;/h3,5-7,10-14,19-20H,4,8-9,15-18,28H2,1-2H3,(H,29,33)(H,36,37)(H,30,31,32);2*1H2. The van der Waals surface area contributed by atoms with Crippen molar-refractivity contribution in [2.75, 3.05) is 43.4 Å². The minimum absolute atomic E-state index is 0. The zero-order chi connectivity index (χ0) is 26.2. The fourth-order valence-corrected chi connectivity index (χ4v) is 4.75. The van der Waals surface area contributed by atoms with Crippen molar-refractivity contribution in [3.05, 3.63) is 60.6 Å². The van der Waals surface area contributed by atoms with Crippen molar-refractivity contribution in [2.24, 2.45) is 5.73 Å². The lowest BCUT2D eigenvalue weighted by Gasteiger charge is -2.44.